The van der Waals surface area contributed by atoms with Gasteiger partial charge in [0.25, 0.3) is 0 Å². The summed E-state index contributed by atoms with van der Waals surface area (Å²) in [7, 11) is 0. The maximum absolute atomic E-state index is 2.97. The van der Waals surface area contributed by atoms with Gasteiger partial charge in [0, 0.05) is 0 Å². The fourth-order valence-electron chi connectivity index (χ4n) is 8.82. The molecule has 2 nitrogen and oxygen atoms in total. The van der Waals surface area contributed by atoms with Crippen molar-refractivity contribution in [1.29, 1.82) is 0 Å². The van der Waals surface area contributed by atoms with Crippen LogP contribution in [0.5, 0.6) is 0 Å². The molecule has 212 valence electrons. The Labute approximate surface area is 255 Å². The number of alkyl halides is 2. The van der Waals surface area contributed by atoms with Crippen molar-refractivity contribution in [2.75, 3.05) is 0 Å². The molecule has 3 heteroatoms. The van der Waals surface area contributed by atoms with E-state index in [0.717, 1.165) is 12.8 Å². The van der Waals surface area contributed by atoms with E-state index in [1.807, 2.05) is 0 Å². The first kappa shape index (κ1) is 26.2. The summed E-state index contributed by atoms with van der Waals surface area (Å²) in [6, 6.07) is 21.9. The molecule has 1 aliphatic carbocycles. The minimum atomic E-state index is -0.0258. The zero-order valence-electron chi connectivity index (χ0n) is 26.0. The molecule has 0 amide bonds. The van der Waals surface area contributed by atoms with Gasteiger partial charge in [0.1, 0.15) is 0 Å². The Balaban J connectivity index is 1.63. The first-order chi connectivity index (χ1) is 19.6. The third kappa shape index (κ3) is 3.17. The van der Waals surface area contributed by atoms with Gasteiger partial charge >= 0.3 is 257 Å². The third-order valence-electron chi connectivity index (χ3n) is 10.4. The summed E-state index contributed by atoms with van der Waals surface area (Å²) < 4.78 is 6.34. The van der Waals surface area contributed by atoms with Crippen LogP contribution in [0.2, 0.25) is 0 Å². The van der Waals surface area contributed by atoms with Gasteiger partial charge in [-0.05, 0) is 0 Å². The van der Waals surface area contributed by atoms with Crippen LogP contribution in [-0.2, 0) is 19.8 Å². The first-order valence-corrected chi connectivity index (χ1v) is 18.0. The number of rotatable bonds is 4. The molecule has 3 aliphatic rings. The SMILES string of the molecule is CCC12[I-]C1(CC)n1c3c([n+]4c5ccc(CC(C)(C)C)cc5c5cccc2c5c14)-c1c(C(C)C)cccc1C(C)C3. The molecule has 3 atom stereocenters. The molecule has 0 bridgehead atoms. The monoisotopic (exact) mass is 654 g/mol. The quantitative estimate of drug-likeness (QED) is 0.0925. The number of halogens is 1. The van der Waals surface area contributed by atoms with Gasteiger partial charge < -0.3 is 0 Å². The predicted molar refractivity (Wildman–Crippen MR) is 168 cm³/mol. The molecule has 2 aromatic heterocycles. The van der Waals surface area contributed by atoms with Crippen LogP contribution in [0.3, 0.4) is 0 Å². The number of benzene rings is 3. The van der Waals surface area contributed by atoms with E-state index in [1.54, 1.807) is 16.6 Å². The topological polar surface area (TPSA) is 9.03 Å². The summed E-state index contributed by atoms with van der Waals surface area (Å²) in [5, 5.41) is 4.43. The molecule has 4 heterocycles. The number of hydrogen-bond donors (Lipinski definition) is 0. The van der Waals surface area contributed by atoms with Crippen molar-refractivity contribution in [3.8, 4) is 11.3 Å². The summed E-state index contributed by atoms with van der Waals surface area (Å²) in [4.78, 5) is 0. The third-order valence-corrected chi connectivity index (χ3v) is 16.1. The van der Waals surface area contributed by atoms with Gasteiger partial charge in [-0.1, -0.05) is 0 Å². The molecule has 1 fully saturated rings. The predicted octanol–water partition coefficient (Wildman–Crippen LogP) is 6.36. The molecule has 5 aromatic rings. The van der Waals surface area contributed by atoms with Gasteiger partial charge in [0.2, 0.25) is 0 Å². The van der Waals surface area contributed by atoms with Gasteiger partial charge in [-0.25, -0.2) is 0 Å². The van der Waals surface area contributed by atoms with Crippen LogP contribution < -0.4 is 25.6 Å². The summed E-state index contributed by atoms with van der Waals surface area (Å²) >= 11 is -0.0258. The molecule has 0 N–H and O–H groups in total. The Kier molecular flexibility index (Phi) is 5.35. The maximum atomic E-state index is 2.97. The van der Waals surface area contributed by atoms with Crippen molar-refractivity contribution in [2.45, 2.75) is 99.9 Å². The van der Waals surface area contributed by atoms with Crippen LogP contribution in [0.4, 0.5) is 0 Å². The van der Waals surface area contributed by atoms with Gasteiger partial charge in [-0.2, -0.15) is 0 Å². The Bertz CT molecular complexity index is 1920. The normalized spacial score (nSPS) is 24.6. The van der Waals surface area contributed by atoms with Crippen molar-refractivity contribution in [1.82, 2.24) is 4.57 Å². The van der Waals surface area contributed by atoms with Crippen LogP contribution in [0.25, 0.3) is 38.6 Å². The van der Waals surface area contributed by atoms with Crippen LogP contribution in [0.1, 0.15) is 108 Å². The van der Waals surface area contributed by atoms with Crippen LogP contribution >= 0.6 is 0 Å². The van der Waals surface area contributed by atoms with Crippen molar-refractivity contribution < 1.29 is 25.6 Å². The molecule has 0 radical (unpaired) electrons. The molecular formula is C38H43IN2. The van der Waals surface area contributed by atoms with E-state index in [4.69, 9.17) is 0 Å². The fraction of sp³-hybridized carbons (Fsp3) is 0.447. The van der Waals surface area contributed by atoms with Crippen molar-refractivity contribution in [2.24, 2.45) is 5.41 Å². The van der Waals surface area contributed by atoms with Crippen molar-refractivity contribution >= 4 is 27.3 Å². The molecule has 8 rings (SSSR count). The van der Waals surface area contributed by atoms with Gasteiger partial charge in [-0.15, -0.1) is 0 Å². The molecule has 41 heavy (non-hydrogen) atoms. The molecule has 1 saturated heterocycles. The van der Waals surface area contributed by atoms with Gasteiger partial charge in [0.15, 0.2) is 0 Å². The van der Waals surface area contributed by atoms with Gasteiger partial charge in [0.05, 0.1) is 0 Å². The van der Waals surface area contributed by atoms with E-state index >= 15 is 0 Å². The summed E-state index contributed by atoms with van der Waals surface area (Å²) in [5.41, 5.74) is 13.9. The number of hydrogen-bond acceptors (Lipinski definition) is 0. The van der Waals surface area contributed by atoms with E-state index in [0.29, 0.717) is 15.3 Å². The van der Waals surface area contributed by atoms with E-state index < -0.39 is 0 Å². The average Bonchev–Trinajstić information content (AvgIpc) is 3.52. The van der Waals surface area contributed by atoms with Crippen LogP contribution in [-0.4, -0.2) is 4.57 Å². The Morgan fingerprint density at radius 1 is 1.00 bits per heavy atom. The van der Waals surface area contributed by atoms with Crippen molar-refractivity contribution in [3.05, 3.63) is 82.5 Å². The number of imidazole rings is 1. The molecular weight excluding hydrogens is 611 g/mol. The Morgan fingerprint density at radius 3 is 2.49 bits per heavy atom. The average molecular weight is 655 g/mol. The van der Waals surface area contributed by atoms with E-state index in [1.165, 1.54) is 62.7 Å². The number of aromatic nitrogens is 2. The van der Waals surface area contributed by atoms with Gasteiger partial charge in [-0.3, -0.25) is 0 Å². The molecule has 0 saturated carbocycles. The molecule has 0 spiro atoms. The second kappa shape index (κ2) is 8.36. The molecule has 3 aromatic carbocycles. The van der Waals surface area contributed by atoms with Crippen molar-refractivity contribution in [3.63, 3.8) is 0 Å². The zero-order valence-corrected chi connectivity index (χ0v) is 28.1. The zero-order chi connectivity index (χ0) is 28.6. The first-order valence-electron chi connectivity index (χ1n) is 15.8. The fourth-order valence-corrected chi connectivity index (χ4v) is 13.8. The summed E-state index contributed by atoms with van der Waals surface area (Å²) in [6.45, 7) is 19.3. The number of fused-ring (bicyclic) bond motifs is 11. The van der Waals surface area contributed by atoms with E-state index in [2.05, 4.69) is 119 Å². The molecule has 2 aliphatic heterocycles. The summed E-state index contributed by atoms with van der Waals surface area (Å²) in [6.07, 6.45) is 4.70. The van der Waals surface area contributed by atoms with E-state index in [9.17, 15) is 0 Å². The van der Waals surface area contributed by atoms with Crippen LogP contribution in [0.15, 0.2) is 54.6 Å². The summed E-state index contributed by atoms with van der Waals surface area (Å²) in [5.74, 6) is 1.01. The molecule has 3 unspecified atom stereocenters. The Morgan fingerprint density at radius 2 is 1.78 bits per heavy atom. The standard InChI is InChI=1S/C38H43IN2/c1-9-37-29-16-12-15-27-28-20-24(21-36(6,7)8)17-18-30(28)40-34-31(41(35(40)33(27)29)38(37,10-2)39-37)19-23(5)26-14-11-13-25(22(3)4)32(26)34/h11-18,20,22-23H,9-10,19,21H2,1-8H3. The number of nitrogens with zero attached hydrogens (tertiary/aromatic N) is 2. The second-order valence-electron chi connectivity index (χ2n) is 14.5. The number of pyridine rings is 1. The second-order valence-corrected chi connectivity index (χ2v) is 18.7. The van der Waals surface area contributed by atoms with Crippen LogP contribution in [0, 0.1) is 5.41 Å². The minimum absolute atomic E-state index is 0.0258. The van der Waals surface area contributed by atoms with E-state index in [-0.39, 0.29) is 30.2 Å². The Hall–Kier alpha value is -2.40.